The third-order valence-corrected chi connectivity index (χ3v) is 4.67. The average Bonchev–Trinajstić information content (AvgIpc) is 2.92. The maximum atomic E-state index is 6.30. The number of benzene rings is 2. The largest absolute Gasteiger partial charge is 0.328 e. The van der Waals surface area contributed by atoms with Crippen molar-refractivity contribution in [2.75, 3.05) is 0 Å². The topological polar surface area (TPSA) is 43.8 Å². The van der Waals surface area contributed by atoms with Crippen LogP contribution in [-0.2, 0) is 13.1 Å². The first-order valence-electron chi connectivity index (χ1n) is 7.02. The van der Waals surface area contributed by atoms with Gasteiger partial charge in [-0.1, -0.05) is 51.3 Å². The molecule has 2 aromatic carbocycles. The molecule has 0 aliphatic heterocycles. The van der Waals surface area contributed by atoms with Crippen molar-refractivity contribution in [2.24, 2.45) is 5.73 Å². The number of aromatic nitrogens is 2. The predicted molar refractivity (Wildman–Crippen MR) is 98.8 cm³/mol. The third-order valence-electron chi connectivity index (χ3n) is 3.59. The smallest absolute Gasteiger partial charge is 0.0959 e. The Labute approximate surface area is 153 Å². The predicted octanol–water partition coefficient (Wildman–Crippen LogP) is 5.13. The van der Waals surface area contributed by atoms with Gasteiger partial charge in [-0.25, -0.2) is 4.98 Å². The molecule has 0 saturated carbocycles. The summed E-state index contributed by atoms with van der Waals surface area (Å²) in [6, 6.07) is 13.6. The van der Waals surface area contributed by atoms with Crippen LogP contribution in [0.1, 0.15) is 11.3 Å². The number of nitrogens with zero attached hydrogens (tertiary/aromatic N) is 2. The summed E-state index contributed by atoms with van der Waals surface area (Å²) in [5, 5.41) is 1.17. The Morgan fingerprint density at radius 1 is 1.09 bits per heavy atom. The highest BCUT2D eigenvalue weighted by Crippen LogP contribution is 2.31. The summed E-state index contributed by atoms with van der Waals surface area (Å²) < 4.78 is 3.10. The minimum atomic E-state index is 0.380. The van der Waals surface area contributed by atoms with Crippen molar-refractivity contribution in [1.82, 2.24) is 9.55 Å². The highest BCUT2D eigenvalue weighted by molar-refractivity contribution is 9.10. The third kappa shape index (κ3) is 3.61. The molecule has 0 amide bonds. The van der Waals surface area contributed by atoms with Crippen LogP contribution in [0.4, 0.5) is 0 Å². The van der Waals surface area contributed by atoms with Crippen molar-refractivity contribution in [2.45, 2.75) is 13.1 Å². The summed E-state index contributed by atoms with van der Waals surface area (Å²) >= 11 is 15.7. The van der Waals surface area contributed by atoms with E-state index >= 15 is 0 Å². The molecular formula is C17H14BrCl2N3. The zero-order chi connectivity index (χ0) is 16.4. The maximum absolute atomic E-state index is 6.30. The Morgan fingerprint density at radius 3 is 2.48 bits per heavy atom. The molecule has 1 aromatic heterocycles. The van der Waals surface area contributed by atoms with Crippen LogP contribution in [0, 0.1) is 0 Å². The van der Waals surface area contributed by atoms with Crippen LogP contribution in [0.25, 0.3) is 11.3 Å². The Balaban J connectivity index is 1.98. The standard InChI is InChI=1S/C17H14BrCl2N3/c18-12-3-1-11(2-4-12)9-23-10-22-17(16(23)8-21)14-6-5-13(19)7-15(14)20/h1-7,10H,8-9,21H2. The molecular weight excluding hydrogens is 397 g/mol. The summed E-state index contributed by atoms with van der Waals surface area (Å²) in [4.78, 5) is 4.51. The molecule has 0 aliphatic rings. The maximum Gasteiger partial charge on any atom is 0.0959 e. The van der Waals surface area contributed by atoms with Crippen LogP contribution in [0.3, 0.4) is 0 Å². The van der Waals surface area contributed by atoms with E-state index in [4.69, 9.17) is 28.9 Å². The van der Waals surface area contributed by atoms with Crippen molar-refractivity contribution < 1.29 is 0 Å². The lowest BCUT2D eigenvalue weighted by Gasteiger charge is -2.10. The van der Waals surface area contributed by atoms with E-state index in [2.05, 4.69) is 33.0 Å². The van der Waals surface area contributed by atoms with Crippen molar-refractivity contribution in [3.8, 4) is 11.3 Å². The summed E-state index contributed by atoms with van der Waals surface area (Å²) in [5.74, 6) is 0. The van der Waals surface area contributed by atoms with Gasteiger partial charge in [-0.2, -0.15) is 0 Å². The number of halogens is 3. The molecule has 0 aliphatic carbocycles. The molecule has 0 unspecified atom stereocenters. The Kier molecular flexibility index (Phi) is 5.07. The number of rotatable bonds is 4. The molecule has 2 N–H and O–H groups in total. The fraction of sp³-hybridized carbons (Fsp3) is 0.118. The molecule has 3 nitrogen and oxygen atoms in total. The molecule has 3 aromatic rings. The van der Waals surface area contributed by atoms with Gasteiger partial charge in [-0.3, -0.25) is 0 Å². The van der Waals surface area contributed by atoms with Crippen LogP contribution in [-0.4, -0.2) is 9.55 Å². The van der Waals surface area contributed by atoms with Gasteiger partial charge in [0.05, 0.1) is 22.7 Å². The van der Waals surface area contributed by atoms with Gasteiger partial charge < -0.3 is 10.3 Å². The summed E-state index contributed by atoms with van der Waals surface area (Å²) in [5.41, 5.74) is 9.71. The van der Waals surface area contributed by atoms with E-state index < -0.39 is 0 Å². The quantitative estimate of drug-likeness (QED) is 0.648. The van der Waals surface area contributed by atoms with Crippen molar-refractivity contribution in [3.63, 3.8) is 0 Å². The second-order valence-corrected chi connectivity index (χ2v) is 6.88. The average molecular weight is 411 g/mol. The highest BCUT2D eigenvalue weighted by atomic mass is 79.9. The summed E-state index contributed by atoms with van der Waals surface area (Å²) in [6.45, 7) is 1.09. The van der Waals surface area contributed by atoms with Gasteiger partial charge in [0.15, 0.2) is 0 Å². The molecule has 6 heteroatoms. The second-order valence-electron chi connectivity index (χ2n) is 5.12. The molecule has 0 bridgehead atoms. The zero-order valence-corrected chi connectivity index (χ0v) is 15.2. The Morgan fingerprint density at radius 2 is 1.83 bits per heavy atom. The molecule has 0 atom stereocenters. The molecule has 0 radical (unpaired) electrons. The van der Waals surface area contributed by atoms with Gasteiger partial charge in [0.2, 0.25) is 0 Å². The van der Waals surface area contributed by atoms with Gasteiger partial charge in [-0.05, 0) is 35.9 Å². The lowest BCUT2D eigenvalue weighted by Crippen LogP contribution is -2.08. The van der Waals surface area contributed by atoms with Gasteiger partial charge in [-0.15, -0.1) is 0 Å². The number of imidazole rings is 1. The number of hydrogen-bond acceptors (Lipinski definition) is 2. The van der Waals surface area contributed by atoms with E-state index in [-0.39, 0.29) is 0 Å². The van der Waals surface area contributed by atoms with E-state index in [0.717, 1.165) is 21.4 Å². The van der Waals surface area contributed by atoms with E-state index in [1.807, 2.05) is 22.8 Å². The first-order valence-corrected chi connectivity index (χ1v) is 8.57. The van der Waals surface area contributed by atoms with E-state index in [1.165, 1.54) is 5.56 Å². The van der Waals surface area contributed by atoms with Gasteiger partial charge >= 0.3 is 0 Å². The Hall–Kier alpha value is -1.33. The van der Waals surface area contributed by atoms with Gasteiger partial charge in [0.25, 0.3) is 0 Å². The molecule has 23 heavy (non-hydrogen) atoms. The summed E-state index contributed by atoms with van der Waals surface area (Å²) in [6.07, 6.45) is 1.80. The van der Waals surface area contributed by atoms with Gasteiger partial charge in [0, 0.05) is 28.1 Å². The SMILES string of the molecule is NCc1c(-c2ccc(Cl)cc2Cl)ncn1Cc1ccc(Br)cc1. The van der Waals surface area contributed by atoms with Crippen LogP contribution in [0.2, 0.25) is 10.0 Å². The monoisotopic (exact) mass is 409 g/mol. The van der Waals surface area contributed by atoms with E-state index in [1.54, 1.807) is 18.5 Å². The minimum absolute atomic E-state index is 0.380. The Bertz CT molecular complexity index is 828. The normalized spacial score (nSPS) is 11.0. The minimum Gasteiger partial charge on any atom is -0.328 e. The number of nitrogens with two attached hydrogens (primary N) is 1. The molecule has 3 rings (SSSR count). The van der Waals surface area contributed by atoms with E-state index in [0.29, 0.717) is 23.1 Å². The van der Waals surface area contributed by atoms with Crippen molar-refractivity contribution >= 4 is 39.1 Å². The lowest BCUT2D eigenvalue weighted by molar-refractivity contribution is 0.741. The molecule has 0 saturated heterocycles. The molecule has 1 heterocycles. The van der Waals surface area contributed by atoms with Crippen molar-refractivity contribution in [1.29, 1.82) is 0 Å². The highest BCUT2D eigenvalue weighted by Gasteiger charge is 2.14. The zero-order valence-electron chi connectivity index (χ0n) is 12.1. The fourth-order valence-corrected chi connectivity index (χ4v) is 3.21. The van der Waals surface area contributed by atoms with Crippen LogP contribution >= 0.6 is 39.1 Å². The first kappa shape index (κ1) is 16.5. The van der Waals surface area contributed by atoms with Crippen molar-refractivity contribution in [3.05, 3.63) is 74.6 Å². The first-order chi connectivity index (χ1) is 11.1. The van der Waals surface area contributed by atoms with E-state index in [9.17, 15) is 0 Å². The van der Waals surface area contributed by atoms with Crippen LogP contribution in [0.15, 0.2) is 53.3 Å². The van der Waals surface area contributed by atoms with Crippen LogP contribution < -0.4 is 5.73 Å². The fourth-order valence-electron chi connectivity index (χ4n) is 2.45. The lowest BCUT2D eigenvalue weighted by atomic mass is 10.1. The molecule has 118 valence electrons. The molecule has 0 spiro atoms. The molecule has 0 fully saturated rings. The second kappa shape index (κ2) is 7.05. The summed E-state index contributed by atoms with van der Waals surface area (Å²) in [7, 11) is 0. The number of hydrogen-bond donors (Lipinski definition) is 1. The van der Waals surface area contributed by atoms with Crippen LogP contribution in [0.5, 0.6) is 0 Å². The van der Waals surface area contributed by atoms with Gasteiger partial charge in [0.1, 0.15) is 0 Å².